The van der Waals surface area contributed by atoms with Gasteiger partial charge in [0.15, 0.2) is 0 Å². The van der Waals surface area contributed by atoms with Gasteiger partial charge in [0.05, 0.1) is 24.3 Å². The highest BCUT2D eigenvalue weighted by Gasteiger charge is 2.33. The van der Waals surface area contributed by atoms with Crippen LogP contribution in [0.15, 0.2) is 30.5 Å². The fourth-order valence-electron chi connectivity index (χ4n) is 3.57. The molecule has 33 heavy (non-hydrogen) atoms. The Morgan fingerprint density at radius 2 is 2.00 bits per heavy atom. The number of nitrogens with zero attached hydrogens (tertiary/aromatic N) is 3. The normalized spacial score (nSPS) is 15.9. The summed E-state index contributed by atoms with van der Waals surface area (Å²) in [5.41, 5.74) is 0.351. The van der Waals surface area contributed by atoms with Crippen molar-refractivity contribution in [2.45, 2.75) is 26.7 Å². The lowest BCUT2D eigenvalue weighted by Gasteiger charge is -2.27. The first-order valence-electron chi connectivity index (χ1n) is 11.2. The minimum Gasteiger partial charge on any atom is -0.464 e. The van der Waals surface area contributed by atoms with Gasteiger partial charge in [-0.05, 0) is 52.4 Å². The maximum atomic E-state index is 13.0. The molecule has 0 radical (unpaired) electrons. The largest absolute Gasteiger partial charge is 0.464 e. The Hall–Kier alpha value is -1.98. The Kier molecular flexibility index (Phi) is 8.52. The standard InChI is InChI=1S/C23H35N3O6S/c1-23(2,22(27)31-15-13-25-11-7-14-30-18-25)17-32-33(28,29)26-16-19(10-12-24(3)4)20-8-5-6-9-21(20)26/h5-6,8-9,16H,7,10-15,17-18H2,1-4H3. The molecule has 1 aliphatic heterocycles. The van der Waals surface area contributed by atoms with Gasteiger partial charge in [0.2, 0.25) is 0 Å². The zero-order chi connectivity index (χ0) is 24.1. The lowest BCUT2D eigenvalue weighted by molar-refractivity contribution is -0.156. The van der Waals surface area contributed by atoms with Crippen molar-refractivity contribution in [1.82, 2.24) is 13.8 Å². The van der Waals surface area contributed by atoms with Gasteiger partial charge in [-0.15, -0.1) is 0 Å². The molecule has 0 N–H and O–H groups in total. The molecule has 1 aromatic carbocycles. The SMILES string of the molecule is CN(C)CCc1cn(S(=O)(=O)OCC(C)(C)C(=O)OCCN2CCCOC2)c2ccccc12. The highest BCUT2D eigenvalue weighted by atomic mass is 32.2. The maximum absolute atomic E-state index is 13.0. The number of ether oxygens (including phenoxy) is 2. The Morgan fingerprint density at radius 3 is 2.70 bits per heavy atom. The number of para-hydroxylation sites is 1. The number of aromatic nitrogens is 1. The van der Waals surface area contributed by atoms with Crippen molar-refractivity contribution < 1.29 is 26.9 Å². The second-order valence-electron chi connectivity index (χ2n) is 9.27. The van der Waals surface area contributed by atoms with Crippen LogP contribution in [0, 0.1) is 5.41 Å². The number of carbonyl (C=O) groups is 1. The van der Waals surface area contributed by atoms with Gasteiger partial charge in [-0.25, -0.2) is 3.97 Å². The lowest BCUT2D eigenvalue weighted by atomic mass is 9.95. The molecule has 0 aliphatic carbocycles. The zero-order valence-electron chi connectivity index (χ0n) is 20.0. The summed E-state index contributed by atoms with van der Waals surface area (Å²) < 4.78 is 43.4. The lowest BCUT2D eigenvalue weighted by Crippen LogP contribution is -2.38. The summed E-state index contributed by atoms with van der Waals surface area (Å²) in [4.78, 5) is 16.7. The summed E-state index contributed by atoms with van der Waals surface area (Å²) in [7, 11) is -0.193. The highest BCUT2D eigenvalue weighted by Crippen LogP contribution is 2.26. The predicted octanol–water partition coefficient (Wildman–Crippen LogP) is 2.10. The predicted molar refractivity (Wildman–Crippen MR) is 126 cm³/mol. The molecule has 3 rings (SSSR count). The van der Waals surface area contributed by atoms with Crippen molar-refractivity contribution in [2.24, 2.45) is 5.41 Å². The van der Waals surface area contributed by atoms with Crippen LogP contribution in [-0.2, 0) is 35.2 Å². The van der Waals surface area contributed by atoms with Crippen LogP contribution in [0.2, 0.25) is 0 Å². The molecule has 0 saturated carbocycles. The van der Waals surface area contributed by atoms with E-state index in [0.29, 0.717) is 25.2 Å². The number of carbonyl (C=O) groups excluding carboxylic acids is 1. The topological polar surface area (TPSA) is 90.3 Å². The summed E-state index contributed by atoms with van der Waals surface area (Å²) in [6.45, 7) is 6.69. The van der Waals surface area contributed by atoms with E-state index in [-0.39, 0.29) is 13.2 Å². The number of rotatable bonds is 11. The van der Waals surface area contributed by atoms with Crippen LogP contribution >= 0.6 is 0 Å². The van der Waals surface area contributed by atoms with E-state index in [1.54, 1.807) is 32.2 Å². The van der Waals surface area contributed by atoms with E-state index in [1.165, 1.54) is 0 Å². The van der Waals surface area contributed by atoms with E-state index in [1.807, 2.05) is 31.1 Å². The van der Waals surface area contributed by atoms with Gasteiger partial charge in [0.25, 0.3) is 0 Å². The van der Waals surface area contributed by atoms with Crippen molar-refractivity contribution in [3.05, 3.63) is 36.0 Å². The number of hydrogen-bond acceptors (Lipinski definition) is 8. The molecule has 184 valence electrons. The van der Waals surface area contributed by atoms with Crippen molar-refractivity contribution in [2.75, 3.05) is 60.3 Å². The van der Waals surface area contributed by atoms with Crippen LogP contribution in [0.5, 0.6) is 0 Å². The monoisotopic (exact) mass is 481 g/mol. The Bertz CT molecular complexity index is 1040. The molecule has 0 unspecified atom stereocenters. The van der Waals surface area contributed by atoms with Crippen molar-refractivity contribution in [3.8, 4) is 0 Å². The van der Waals surface area contributed by atoms with E-state index < -0.39 is 21.7 Å². The fraction of sp³-hybridized carbons (Fsp3) is 0.609. The Labute approximate surface area is 196 Å². The van der Waals surface area contributed by atoms with Crippen LogP contribution in [-0.4, -0.2) is 88.4 Å². The average molecular weight is 482 g/mol. The van der Waals surface area contributed by atoms with Crippen molar-refractivity contribution in [3.63, 3.8) is 0 Å². The first-order chi connectivity index (χ1) is 15.6. The zero-order valence-corrected chi connectivity index (χ0v) is 20.8. The number of esters is 1. The first kappa shape index (κ1) is 25.6. The molecule has 2 aromatic rings. The van der Waals surface area contributed by atoms with Gasteiger partial charge in [-0.3, -0.25) is 13.9 Å². The summed E-state index contributed by atoms with van der Waals surface area (Å²) >= 11 is 0. The number of hydrogen-bond donors (Lipinski definition) is 0. The Morgan fingerprint density at radius 1 is 1.24 bits per heavy atom. The molecule has 10 heteroatoms. The highest BCUT2D eigenvalue weighted by molar-refractivity contribution is 7.85. The third-order valence-corrected chi connectivity index (χ3v) is 6.83. The number of fused-ring (bicyclic) bond motifs is 1. The van der Waals surface area contributed by atoms with Crippen LogP contribution < -0.4 is 0 Å². The van der Waals surface area contributed by atoms with E-state index in [4.69, 9.17) is 13.7 Å². The molecular weight excluding hydrogens is 446 g/mol. The number of benzene rings is 1. The summed E-state index contributed by atoms with van der Waals surface area (Å²) in [6.07, 6.45) is 3.27. The quantitative estimate of drug-likeness (QED) is 0.451. The Balaban J connectivity index is 1.63. The molecule has 0 spiro atoms. The van der Waals surface area contributed by atoms with Crippen LogP contribution in [0.3, 0.4) is 0 Å². The molecule has 0 amide bonds. The molecular formula is C23H35N3O6S. The molecule has 0 atom stereocenters. The maximum Gasteiger partial charge on any atom is 0.366 e. The van der Waals surface area contributed by atoms with Gasteiger partial charge in [0.1, 0.15) is 6.61 Å². The van der Waals surface area contributed by atoms with Gasteiger partial charge in [-0.1, -0.05) is 18.2 Å². The van der Waals surface area contributed by atoms with E-state index in [9.17, 15) is 13.2 Å². The van der Waals surface area contributed by atoms with Crippen LogP contribution in [0.1, 0.15) is 25.8 Å². The first-order valence-corrected chi connectivity index (χ1v) is 12.6. The third-order valence-electron chi connectivity index (χ3n) is 5.63. The van der Waals surface area contributed by atoms with Gasteiger partial charge in [0, 0.05) is 37.8 Å². The van der Waals surface area contributed by atoms with Gasteiger partial charge < -0.3 is 14.4 Å². The molecule has 1 aliphatic rings. The second-order valence-corrected chi connectivity index (χ2v) is 10.8. The molecule has 1 saturated heterocycles. The summed E-state index contributed by atoms with van der Waals surface area (Å²) in [5, 5.41) is 0.867. The average Bonchev–Trinajstić information content (AvgIpc) is 3.17. The number of likely N-dealkylation sites (N-methyl/N-ethyl adjacent to an activating group) is 1. The van der Waals surface area contributed by atoms with Crippen molar-refractivity contribution >= 4 is 27.2 Å². The molecule has 1 fully saturated rings. The summed E-state index contributed by atoms with van der Waals surface area (Å²) in [6, 6.07) is 7.33. The van der Waals surface area contributed by atoms with E-state index in [0.717, 1.165) is 41.0 Å². The molecule has 0 bridgehead atoms. The van der Waals surface area contributed by atoms with Gasteiger partial charge >= 0.3 is 16.3 Å². The fourth-order valence-corrected chi connectivity index (χ4v) is 4.78. The van der Waals surface area contributed by atoms with Gasteiger partial charge in [-0.2, -0.15) is 8.42 Å². The third kappa shape index (κ3) is 6.77. The van der Waals surface area contributed by atoms with Crippen LogP contribution in [0.25, 0.3) is 10.9 Å². The second kappa shape index (κ2) is 11.0. The van der Waals surface area contributed by atoms with E-state index in [2.05, 4.69) is 4.90 Å². The minimum atomic E-state index is -4.14. The minimum absolute atomic E-state index is 0.218. The molecule has 9 nitrogen and oxygen atoms in total. The smallest absolute Gasteiger partial charge is 0.366 e. The van der Waals surface area contributed by atoms with E-state index >= 15 is 0 Å². The molecule has 1 aromatic heterocycles. The summed E-state index contributed by atoms with van der Waals surface area (Å²) in [5.74, 6) is -0.500. The molecule has 2 heterocycles. The van der Waals surface area contributed by atoms with Crippen LogP contribution in [0.4, 0.5) is 0 Å². The van der Waals surface area contributed by atoms with Crippen molar-refractivity contribution in [1.29, 1.82) is 0 Å².